The van der Waals surface area contributed by atoms with Crippen molar-refractivity contribution in [3.8, 4) is 27.9 Å². The van der Waals surface area contributed by atoms with Crippen molar-refractivity contribution >= 4 is 65.7 Å². The van der Waals surface area contributed by atoms with E-state index in [9.17, 15) is 0 Å². The molecular formula is C42H25NO2. The van der Waals surface area contributed by atoms with Crippen LogP contribution in [-0.2, 0) is 0 Å². The molecule has 0 spiro atoms. The molecule has 0 atom stereocenters. The maximum absolute atomic E-state index is 6.58. The van der Waals surface area contributed by atoms with E-state index in [-0.39, 0.29) is 0 Å². The average Bonchev–Trinajstić information content (AvgIpc) is 3.77. The second-order valence-electron chi connectivity index (χ2n) is 11.7. The van der Waals surface area contributed by atoms with E-state index in [1.807, 2.05) is 0 Å². The summed E-state index contributed by atoms with van der Waals surface area (Å²) >= 11 is 0. The van der Waals surface area contributed by atoms with Gasteiger partial charge in [-0.2, -0.15) is 0 Å². The highest BCUT2D eigenvalue weighted by Crippen LogP contribution is 2.43. The summed E-state index contributed by atoms with van der Waals surface area (Å²) in [7, 11) is 0. The van der Waals surface area contributed by atoms with Crippen LogP contribution in [0.4, 0.5) is 0 Å². The molecule has 0 unspecified atom stereocenters. The van der Waals surface area contributed by atoms with Crippen LogP contribution in [0.15, 0.2) is 160 Å². The van der Waals surface area contributed by atoms with Crippen LogP contribution in [0.3, 0.4) is 0 Å². The third-order valence-electron chi connectivity index (χ3n) is 9.21. The summed E-state index contributed by atoms with van der Waals surface area (Å²) in [5, 5.41) is 7.00. The first-order valence-electron chi connectivity index (χ1n) is 15.3. The van der Waals surface area contributed by atoms with Gasteiger partial charge >= 0.3 is 0 Å². The summed E-state index contributed by atoms with van der Waals surface area (Å²) < 4.78 is 15.3. The molecule has 45 heavy (non-hydrogen) atoms. The number of fused-ring (bicyclic) bond motifs is 10. The smallest absolute Gasteiger partial charge is 0.161 e. The largest absolute Gasteiger partial charge is 0.456 e. The maximum atomic E-state index is 6.58. The Morgan fingerprint density at radius 2 is 1.16 bits per heavy atom. The molecule has 3 aromatic heterocycles. The van der Waals surface area contributed by atoms with Crippen molar-refractivity contribution in [2.75, 3.05) is 0 Å². The van der Waals surface area contributed by atoms with Crippen molar-refractivity contribution in [1.82, 2.24) is 4.57 Å². The van der Waals surface area contributed by atoms with Crippen LogP contribution in [0.25, 0.3) is 93.6 Å². The molecule has 0 amide bonds. The fourth-order valence-corrected chi connectivity index (χ4v) is 7.16. The quantitative estimate of drug-likeness (QED) is 0.210. The summed E-state index contributed by atoms with van der Waals surface area (Å²) in [4.78, 5) is 0. The average molecular weight is 576 g/mol. The molecule has 0 aliphatic rings. The Kier molecular flexibility index (Phi) is 5.00. The van der Waals surface area contributed by atoms with E-state index >= 15 is 0 Å². The number of furan rings is 2. The minimum Gasteiger partial charge on any atom is -0.456 e. The lowest BCUT2D eigenvalue weighted by atomic mass is 9.97. The molecule has 0 fully saturated rings. The van der Waals surface area contributed by atoms with Gasteiger partial charge in [-0.3, -0.25) is 0 Å². The van der Waals surface area contributed by atoms with Gasteiger partial charge in [-0.15, -0.1) is 0 Å². The summed E-state index contributed by atoms with van der Waals surface area (Å²) in [6.07, 6.45) is 0. The summed E-state index contributed by atoms with van der Waals surface area (Å²) in [6.45, 7) is 0. The van der Waals surface area contributed by atoms with Crippen LogP contribution in [-0.4, -0.2) is 4.57 Å². The highest BCUT2D eigenvalue weighted by atomic mass is 16.3. The van der Waals surface area contributed by atoms with Gasteiger partial charge in [-0.05, 0) is 81.6 Å². The van der Waals surface area contributed by atoms with Crippen LogP contribution in [0.1, 0.15) is 0 Å². The summed E-state index contributed by atoms with van der Waals surface area (Å²) in [6, 6.07) is 53.5. The molecule has 3 nitrogen and oxygen atoms in total. The van der Waals surface area contributed by atoms with Crippen LogP contribution >= 0.6 is 0 Å². The highest BCUT2D eigenvalue weighted by Gasteiger charge is 2.21. The van der Waals surface area contributed by atoms with Gasteiger partial charge in [0.15, 0.2) is 5.58 Å². The van der Waals surface area contributed by atoms with Crippen molar-refractivity contribution < 1.29 is 8.83 Å². The number of rotatable bonds is 3. The molecule has 0 saturated carbocycles. The number of para-hydroxylation sites is 2. The van der Waals surface area contributed by atoms with E-state index in [0.717, 1.165) is 77.5 Å². The normalized spacial score (nSPS) is 12.0. The molecule has 10 aromatic rings. The molecule has 0 N–H and O–H groups in total. The second-order valence-corrected chi connectivity index (χ2v) is 11.7. The Morgan fingerprint density at radius 3 is 2.04 bits per heavy atom. The lowest BCUT2D eigenvalue weighted by Gasteiger charge is -2.10. The van der Waals surface area contributed by atoms with Crippen molar-refractivity contribution in [3.05, 3.63) is 152 Å². The van der Waals surface area contributed by atoms with Crippen LogP contribution < -0.4 is 0 Å². The zero-order chi connectivity index (χ0) is 29.5. The maximum Gasteiger partial charge on any atom is 0.161 e. The summed E-state index contributed by atoms with van der Waals surface area (Å²) in [5.74, 6) is 0. The Balaban J connectivity index is 1.12. The van der Waals surface area contributed by atoms with E-state index in [4.69, 9.17) is 8.83 Å². The Bertz CT molecular complexity index is 2740. The van der Waals surface area contributed by atoms with E-state index in [2.05, 4.69) is 156 Å². The number of aromatic nitrogens is 1. The molecule has 0 radical (unpaired) electrons. The molecule has 3 heteroatoms. The van der Waals surface area contributed by atoms with E-state index in [0.29, 0.717) is 0 Å². The molecule has 3 heterocycles. The van der Waals surface area contributed by atoms with Gasteiger partial charge in [0.05, 0.1) is 10.9 Å². The molecular weight excluding hydrogens is 550 g/mol. The van der Waals surface area contributed by atoms with Gasteiger partial charge in [0.2, 0.25) is 0 Å². The lowest BCUT2D eigenvalue weighted by molar-refractivity contribution is 0.669. The molecule has 0 bridgehead atoms. The first-order chi connectivity index (χ1) is 22.3. The minimum absolute atomic E-state index is 0.889. The Morgan fingerprint density at radius 1 is 0.422 bits per heavy atom. The van der Waals surface area contributed by atoms with E-state index < -0.39 is 0 Å². The van der Waals surface area contributed by atoms with Gasteiger partial charge < -0.3 is 13.4 Å². The zero-order valence-corrected chi connectivity index (χ0v) is 24.2. The fraction of sp³-hybridized carbons (Fsp3) is 0. The van der Waals surface area contributed by atoms with Crippen LogP contribution in [0, 0.1) is 0 Å². The monoisotopic (exact) mass is 575 g/mol. The zero-order valence-electron chi connectivity index (χ0n) is 24.2. The van der Waals surface area contributed by atoms with E-state index in [1.165, 1.54) is 16.2 Å². The van der Waals surface area contributed by atoms with Gasteiger partial charge in [0.25, 0.3) is 0 Å². The van der Waals surface area contributed by atoms with Gasteiger partial charge in [-0.1, -0.05) is 103 Å². The predicted molar refractivity (Wildman–Crippen MR) is 186 cm³/mol. The summed E-state index contributed by atoms with van der Waals surface area (Å²) in [5.41, 5.74) is 11.6. The third kappa shape index (κ3) is 3.52. The molecule has 0 saturated heterocycles. The number of hydrogen-bond donors (Lipinski definition) is 0. The van der Waals surface area contributed by atoms with Crippen molar-refractivity contribution in [2.45, 2.75) is 0 Å². The third-order valence-corrected chi connectivity index (χ3v) is 9.21. The van der Waals surface area contributed by atoms with Crippen LogP contribution in [0.2, 0.25) is 0 Å². The Hall–Kier alpha value is -6.06. The standard InChI is InChI=1S/C42H25NO2/c1-2-10-30(11-3-1)43-35-15-7-6-13-33(35)42-41(43)40-32(14-8-16-36(40)45-42)28-19-17-26(18-20-28)29-21-23-34-38(25-29)44-37-24-22-27-9-4-5-12-31(27)39(34)37/h1-25H. The lowest BCUT2D eigenvalue weighted by Crippen LogP contribution is -1.93. The number of hydrogen-bond acceptors (Lipinski definition) is 2. The second kappa shape index (κ2) is 9.22. The van der Waals surface area contributed by atoms with Gasteiger partial charge in [0, 0.05) is 21.8 Å². The van der Waals surface area contributed by atoms with Crippen molar-refractivity contribution in [1.29, 1.82) is 0 Å². The molecule has 0 aliphatic heterocycles. The van der Waals surface area contributed by atoms with Gasteiger partial charge in [0.1, 0.15) is 22.3 Å². The topological polar surface area (TPSA) is 31.2 Å². The highest BCUT2D eigenvalue weighted by molar-refractivity contribution is 6.21. The Labute approximate surface area is 258 Å². The van der Waals surface area contributed by atoms with Crippen LogP contribution in [0.5, 0.6) is 0 Å². The SMILES string of the molecule is c1ccc(-n2c3ccccc3c3oc4cccc(-c5ccc(-c6ccc7c(c6)oc6ccc8ccccc8c67)cc5)c4c32)cc1. The van der Waals surface area contributed by atoms with E-state index in [1.54, 1.807) is 0 Å². The molecule has 0 aliphatic carbocycles. The minimum atomic E-state index is 0.889. The number of nitrogens with zero attached hydrogens (tertiary/aromatic N) is 1. The molecule has 210 valence electrons. The number of benzene rings is 7. The first kappa shape index (κ1) is 24.4. The fourth-order valence-electron chi connectivity index (χ4n) is 7.16. The van der Waals surface area contributed by atoms with Crippen molar-refractivity contribution in [2.24, 2.45) is 0 Å². The predicted octanol–water partition coefficient (Wildman–Crippen LogP) is 11.9. The van der Waals surface area contributed by atoms with Gasteiger partial charge in [-0.25, -0.2) is 0 Å². The molecule has 7 aromatic carbocycles. The van der Waals surface area contributed by atoms with Crippen molar-refractivity contribution in [3.63, 3.8) is 0 Å². The first-order valence-corrected chi connectivity index (χ1v) is 15.3. The molecule has 10 rings (SSSR count).